The predicted octanol–water partition coefficient (Wildman–Crippen LogP) is 4.34. The second-order valence-corrected chi connectivity index (χ2v) is 6.26. The minimum Gasteiger partial charge on any atom is -0.496 e. The molecule has 0 amide bonds. The third-order valence-electron chi connectivity index (χ3n) is 4.34. The molecule has 2 aromatic carbocycles. The third kappa shape index (κ3) is 4.09. The molecule has 0 atom stereocenters. The van der Waals surface area contributed by atoms with E-state index in [-0.39, 0.29) is 0 Å². The van der Waals surface area contributed by atoms with E-state index in [4.69, 9.17) is 17.0 Å². The fourth-order valence-corrected chi connectivity index (χ4v) is 3.06. The Morgan fingerprint density at radius 3 is 2.59 bits per heavy atom. The molecule has 3 rings (SSSR count). The van der Waals surface area contributed by atoms with E-state index in [0.717, 1.165) is 35.7 Å². The van der Waals surface area contributed by atoms with Gasteiger partial charge in [0.1, 0.15) is 5.75 Å². The summed E-state index contributed by atoms with van der Waals surface area (Å²) in [6, 6.07) is 15.9. The lowest BCUT2D eigenvalue weighted by Crippen LogP contribution is -2.21. The van der Waals surface area contributed by atoms with Gasteiger partial charge in [-0.3, -0.25) is 0 Å². The van der Waals surface area contributed by atoms with E-state index in [1.54, 1.807) is 18.0 Å². The van der Waals surface area contributed by atoms with Gasteiger partial charge in [-0.15, -0.1) is 0 Å². The number of anilines is 1. The summed E-state index contributed by atoms with van der Waals surface area (Å²) in [6.45, 7) is 6.16. The van der Waals surface area contributed by atoms with Gasteiger partial charge in [-0.2, -0.15) is 14.9 Å². The molecule has 0 aliphatic rings. The highest BCUT2D eigenvalue weighted by atomic mass is 32.1. The SMILES string of the molecule is CCN(CC)c1ccc(C=Nn2c(-c3ccccc3)n[nH]c2=S)c(OC)c1. The van der Waals surface area contributed by atoms with Gasteiger partial charge < -0.3 is 9.64 Å². The van der Waals surface area contributed by atoms with Gasteiger partial charge in [-0.05, 0) is 38.2 Å². The van der Waals surface area contributed by atoms with Gasteiger partial charge in [-0.1, -0.05) is 30.3 Å². The van der Waals surface area contributed by atoms with Crippen LogP contribution in [0.25, 0.3) is 11.4 Å². The van der Waals surface area contributed by atoms with Crippen molar-refractivity contribution in [3.05, 3.63) is 58.9 Å². The summed E-state index contributed by atoms with van der Waals surface area (Å²) in [5.41, 5.74) is 2.93. The summed E-state index contributed by atoms with van der Waals surface area (Å²) < 4.78 is 7.61. The Hall–Kier alpha value is -2.93. The summed E-state index contributed by atoms with van der Waals surface area (Å²) in [6.07, 6.45) is 1.74. The first-order valence-electron chi connectivity index (χ1n) is 8.88. The van der Waals surface area contributed by atoms with E-state index in [0.29, 0.717) is 10.6 Å². The zero-order valence-electron chi connectivity index (χ0n) is 15.7. The van der Waals surface area contributed by atoms with Crippen LogP contribution in [-0.4, -0.2) is 41.3 Å². The van der Waals surface area contributed by atoms with Crippen molar-refractivity contribution in [3.8, 4) is 17.1 Å². The maximum absolute atomic E-state index is 5.56. The van der Waals surface area contributed by atoms with Gasteiger partial charge in [0, 0.05) is 36.0 Å². The highest BCUT2D eigenvalue weighted by Gasteiger charge is 2.09. The second kappa shape index (κ2) is 8.64. The highest BCUT2D eigenvalue weighted by Crippen LogP contribution is 2.25. The Bertz CT molecular complexity index is 974. The molecule has 1 heterocycles. The Morgan fingerprint density at radius 2 is 1.93 bits per heavy atom. The third-order valence-corrected chi connectivity index (χ3v) is 4.60. The number of hydrogen-bond acceptors (Lipinski definition) is 5. The van der Waals surface area contributed by atoms with Crippen molar-refractivity contribution >= 4 is 24.1 Å². The summed E-state index contributed by atoms with van der Waals surface area (Å²) in [5, 5.41) is 11.6. The molecule has 7 heteroatoms. The van der Waals surface area contributed by atoms with Gasteiger partial charge in [0.05, 0.1) is 13.3 Å². The van der Waals surface area contributed by atoms with Gasteiger partial charge in [0.2, 0.25) is 4.77 Å². The number of ether oxygens (including phenoxy) is 1. The first-order chi connectivity index (χ1) is 13.2. The summed E-state index contributed by atoms with van der Waals surface area (Å²) in [4.78, 5) is 2.27. The van der Waals surface area contributed by atoms with E-state index >= 15 is 0 Å². The van der Waals surface area contributed by atoms with Crippen LogP contribution in [0.4, 0.5) is 5.69 Å². The highest BCUT2D eigenvalue weighted by molar-refractivity contribution is 7.71. The van der Waals surface area contributed by atoms with Gasteiger partial charge >= 0.3 is 0 Å². The Labute approximate surface area is 164 Å². The van der Waals surface area contributed by atoms with Crippen LogP contribution in [0.5, 0.6) is 5.75 Å². The van der Waals surface area contributed by atoms with Crippen molar-refractivity contribution in [2.45, 2.75) is 13.8 Å². The van der Waals surface area contributed by atoms with Crippen LogP contribution in [0.15, 0.2) is 53.6 Å². The minimum atomic E-state index is 0.434. The number of H-pyrrole nitrogens is 1. The molecule has 0 spiro atoms. The monoisotopic (exact) mass is 381 g/mol. The molecule has 0 unspecified atom stereocenters. The summed E-state index contributed by atoms with van der Waals surface area (Å²) >= 11 is 5.33. The van der Waals surface area contributed by atoms with Gasteiger partial charge in [0.25, 0.3) is 0 Å². The molecular formula is C20H23N5OS. The quantitative estimate of drug-likeness (QED) is 0.488. The molecule has 0 saturated carbocycles. The number of nitrogens with zero attached hydrogens (tertiary/aromatic N) is 4. The molecule has 3 aromatic rings. The lowest BCUT2D eigenvalue weighted by Gasteiger charge is -2.21. The van der Waals surface area contributed by atoms with Crippen LogP contribution in [0, 0.1) is 4.77 Å². The molecule has 140 valence electrons. The van der Waals surface area contributed by atoms with E-state index in [1.165, 1.54) is 0 Å². The van der Waals surface area contributed by atoms with Crippen molar-refractivity contribution in [1.29, 1.82) is 0 Å². The summed E-state index contributed by atoms with van der Waals surface area (Å²) in [7, 11) is 1.66. The number of hydrogen-bond donors (Lipinski definition) is 1. The average Bonchev–Trinajstić information content (AvgIpc) is 3.08. The fourth-order valence-electron chi connectivity index (χ4n) is 2.88. The maximum atomic E-state index is 5.56. The number of aromatic amines is 1. The van der Waals surface area contributed by atoms with E-state index < -0.39 is 0 Å². The van der Waals surface area contributed by atoms with E-state index in [1.807, 2.05) is 42.5 Å². The number of aromatic nitrogens is 3. The normalized spacial score (nSPS) is 11.1. The zero-order chi connectivity index (χ0) is 19.2. The van der Waals surface area contributed by atoms with E-state index in [9.17, 15) is 0 Å². The molecule has 0 fully saturated rings. The van der Waals surface area contributed by atoms with Crippen LogP contribution in [0.1, 0.15) is 19.4 Å². The first-order valence-corrected chi connectivity index (χ1v) is 9.29. The average molecular weight is 382 g/mol. The van der Waals surface area contributed by atoms with Crippen molar-refractivity contribution in [2.24, 2.45) is 5.10 Å². The Morgan fingerprint density at radius 1 is 1.19 bits per heavy atom. The van der Waals surface area contributed by atoms with Gasteiger partial charge in [-0.25, -0.2) is 5.10 Å². The second-order valence-electron chi connectivity index (χ2n) is 5.87. The lowest BCUT2D eigenvalue weighted by atomic mass is 10.2. The molecular weight excluding hydrogens is 358 g/mol. The van der Waals surface area contributed by atoms with Crippen LogP contribution < -0.4 is 9.64 Å². The number of rotatable bonds is 7. The van der Waals surface area contributed by atoms with Crippen molar-refractivity contribution in [3.63, 3.8) is 0 Å². The van der Waals surface area contributed by atoms with Crippen LogP contribution in [-0.2, 0) is 0 Å². The lowest BCUT2D eigenvalue weighted by molar-refractivity contribution is 0.414. The van der Waals surface area contributed by atoms with Gasteiger partial charge in [0.15, 0.2) is 5.82 Å². The molecule has 0 aliphatic heterocycles. The maximum Gasteiger partial charge on any atom is 0.216 e. The van der Waals surface area contributed by atoms with Crippen molar-refractivity contribution in [2.75, 3.05) is 25.1 Å². The van der Waals surface area contributed by atoms with Crippen molar-refractivity contribution < 1.29 is 4.74 Å². The molecule has 0 aliphatic carbocycles. The molecule has 0 radical (unpaired) electrons. The first kappa shape index (κ1) is 18.8. The summed E-state index contributed by atoms with van der Waals surface area (Å²) in [5.74, 6) is 1.43. The molecule has 27 heavy (non-hydrogen) atoms. The fraction of sp³-hybridized carbons (Fsp3) is 0.250. The number of nitrogens with one attached hydrogen (secondary N) is 1. The Kier molecular flexibility index (Phi) is 6.03. The van der Waals surface area contributed by atoms with E-state index in [2.05, 4.69) is 40.1 Å². The number of methoxy groups -OCH3 is 1. The van der Waals surface area contributed by atoms with Crippen LogP contribution in [0.3, 0.4) is 0 Å². The molecule has 6 nitrogen and oxygen atoms in total. The molecule has 1 N–H and O–H groups in total. The van der Waals surface area contributed by atoms with Crippen LogP contribution in [0.2, 0.25) is 0 Å². The molecule has 1 aromatic heterocycles. The Balaban J connectivity index is 1.95. The predicted molar refractivity (Wildman–Crippen MR) is 112 cm³/mol. The minimum absolute atomic E-state index is 0.434. The standard InChI is InChI=1S/C20H23N5OS/c1-4-24(5-2)17-12-11-16(18(13-17)26-3)14-21-25-19(22-23-20(25)27)15-9-7-6-8-10-15/h6-14H,4-5H2,1-3H3,(H,23,27). The number of benzene rings is 2. The smallest absolute Gasteiger partial charge is 0.216 e. The van der Waals surface area contributed by atoms with Crippen LogP contribution >= 0.6 is 12.2 Å². The largest absolute Gasteiger partial charge is 0.496 e. The molecule has 0 saturated heterocycles. The zero-order valence-corrected chi connectivity index (χ0v) is 16.5. The van der Waals surface area contributed by atoms with Crippen molar-refractivity contribution in [1.82, 2.24) is 14.9 Å². The molecule has 0 bridgehead atoms. The topological polar surface area (TPSA) is 58.4 Å².